The minimum absolute atomic E-state index is 0.737. The summed E-state index contributed by atoms with van der Waals surface area (Å²) < 4.78 is 5.15. The lowest BCUT2D eigenvalue weighted by molar-refractivity contribution is 0.572. The van der Waals surface area contributed by atoms with E-state index in [4.69, 9.17) is 4.42 Å². The zero-order valence-electron chi connectivity index (χ0n) is 7.90. The van der Waals surface area contributed by atoms with E-state index in [2.05, 4.69) is 15.3 Å². The Hall–Kier alpha value is -1.84. The zero-order valence-corrected chi connectivity index (χ0v) is 7.90. The second-order valence-electron chi connectivity index (χ2n) is 2.83. The first kappa shape index (κ1) is 8.74. The molecule has 0 atom stereocenters. The van der Waals surface area contributed by atoms with E-state index < -0.39 is 0 Å². The molecule has 0 radical (unpaired) electrons. The van der Waals surface area contributed by atoms with Crippen LogP contribution in [-0.2, 0) is 0 Å². The molecule has 4 nitrogen and oxygen atoms in total. The first-order valence-corrected chi connectivity index (χ1v) is 4.49. The van der Waals surface area contributed by atoms with Crippen LogP contribution in [0.2, 0.25) is 0 Å². The Morgan fingerprint density at radius 3 is 2.86 bits per heavy atom. The molecule has 2 aromatic heterocycles. The number of nitrogens with zero attached hydrogens (tertiary/aromatic N) is 2. The summed E-state index contributed by atoms with van der Waals surface area (Å²) in [5.74, 6) is 1.61. The highest BCUT2D eigenvalue weighted by Gasteiger charge is 2.00. The quantitative estimate of drug-likeness (QED) is 0.803. The molecule has 0 fully saturated rings. The molecule has 0 spiro atoms. The molecule has 2 aromatic rings. The second-order valence-corrected chi connectivity index (χ2v) is 2.83. The fraction of sp³-hybridized carbons (Fsp3) is 0.200. The number of aromatic nitrogens is 2. The van der Waals surface area contributed by atoms with Gasteiger partial charge in [-0.3, -0.25) is 0 Å². The predicted molar refractivity (Wildman–Crippen MR) is 53.9 cm³/mol. The molecule has 72 valence electrons. The van der Waals surface area contributed by atoms with E-state index in [0.717, 1.165) is 23.7 Å². The van der Waals surface area contributed by atoms with Crippen LogP contribution in [0.15, 0.2) is 35.3 Å². The van der Waals surface area contributed by atoms with Crippen LogP contribution < -0.4 is 5.32 Å². The highest BCUT2D eigenvalue weighted by molar-refractivity contribution is 5.56. The van der Waals surface area contributed by atoms with E-state index >= 15 is 0 Å². The summed E-state index contributed by atoms with van der Waals surface area (Å²) in [6.45, 7) is 2.90. The maximum Gasteiger partial charge on any atom is 0.181 e. The van der Waals surface area contributed by atoms with Gasteiger partial charge in [0.2, 0.25) is 0 Å². The molecule has 2 rings (SSSR count). The lowest BCUT2D eigenvalue weighted by atomic mass is 10.2. The highest BCUT2D eigenvalue weighted by atomic mass is 16.3. The summed E-state index contributed by atoms with van der Waals surface area (Å²) in [5, 5.41) is 3.12. The zero-order chi connectivity index (χ0) is 9.80. The van der Waals surface area contributed by atoms with Crippen LogP contribution in [0.4, 0.5) is 5.82 Å². The fourth-order valence-electron chi connectivity index (χ4n) is 1.18. The highest BCUT2D eigenvalue weighted by Crippen LogP contribution is 2.18. The van der Waals surface area contributed by atoms with Gasteiger partial charge in [0.25, 0.3) is 0 Å². The molecule has 0 aliphatic heterocycles. The largest absolute Gasteiger partial charge is 0.443 e. The fourth-order valence-corrected chi connectivity index (χ4v) is 1.18. The van der Waals surface area contributed by atoms with Gasteiger partial charge in [0.15, 0.2) is 12.2 Å². The van der Waals surface area contributed by atoms with Crippen molar-refractivity contribution in [3.05, 3.63) is 30.9 Å². The van der Waals surface area contributed by atoms with E-state index in [9.17, 15) is 0 Å². The van der Waals surface area contributed by atoms with Crippen LogP contribution in [0.25, 0.3) is 11.3 Å². The topological polar surface area (TPSA) is 51.0 Å². The number of oxazole rings is 1. The smallest absolute Gasteiger partial charge is 0.181 e. The van der Waals surface area contributed by atoms with Crippen LogP contribution in [-0.4, -0.2) is 16.5 Å². The van der Waals surface area contributed by atoms with Gasteiger partial charge in [-0.25, -0.2) is 9.97 Å². The molecule has 0 amide bonds. The number of anilines is 1. The van der Waals surface area contributed by atoms with Crippen LogP contribution in [0.5, 0.6) is 0 Å². The van der Waals surface area contributed by atoms with Crippen LogP contribution >= 0.6 is 0 Å². The van der Waals surface area contributed by atoms with Crippen LogP contribution in [0.3, 0.4) is 0 Å². The normalized spacial score (nSPS) is 10.1. The van der Waals surface area contributed by atoms with Gasteiger partial charge in [-0.1, -0.05) is 0 Å². The monoisotopic (exact) mass is 189 g/mol. The average Bonchev–Trinajstić information content (AvgIpc) is 2.72. The Morgan fingerprint density at radius 2 is 2.29 bits per heavy atom. The summed E-state index contributed by atoms with van der Waals surface area (Å²) in [7, 11) is 0. The van der Waals surface area contributed by atoms with Crippen molar-refractivity contribution >= 4 is 5.82 Å². The number of pyridine rings is 1. The molecule has 0 unspecified atom stereocenters. The van der Waals surface area contributed by atoms with Gasteiger partial charge in [-0.2, -0.15) is 0 Å². The Bertz CT molecular complexity index is 380. The standard InChI is InChI=1S/C10H11N3O/c1-2-12-10-4-3-8(5-13-10)9-6-11-7-14-9/h3-7H,2H2,1H3,(H,12,13). The molecule has 0 aliphatic carbocycles. The Balaban J connectivity index is 2.22. The minimum Gasteiger partial charge on any atom is -0.443 e. The van der Waals surface area contributed by atoms with E-state index in [1.165, 1.54) is 6.39 Å². The van der Waals surface area contributed by atoms with Gasteiger partial charge >= 0.3 is 0 Å². The summed E-state index contributed by atoms with van der Waals surface area (Å²) in [6, 6.07) is 3.87. The molecule has 0 aliphatic rings. The number of nitrogens with one attached hydrogen (secondary N) is 1. The van der Waals surface area contributed by atoms with Crippen molar-refractivity contribution in [3.8, 4) is 11.3 Å². The number of rotatable bonds is 3. The minimum atomic E-state index is 0.737. The summed E-state index contributed by atoms with van der Waals surface area (Å²) in [5.41, 5.74) is 0.934. The molecule has 1 N–H and O–H groups in total. The summed E-state index contributed by atoms with van der Waals surface area (Å²) >= 11 is 0. The molecule has 14 heavy (non-hydrogen) atoms. The SMILES string of the molecule is CCNc1ccc(-c2cnco2)cn1. The van der Waals surface area contributed by atoms with E-state index in [-0.39, 0.29) is 0 Å². The maximum atomic E-state index is 5.15. The molecule has 0 aromatic carbocycles. The Morgan fingerprint density at radius 1 is 1.36 bits per heavy atom. The number of hydrogen-bond acceptors (Lipinski definition) is 4. The molecule has 0 bridgehead atoms. The lowest BCUT2D eigenvalue weighted by Crippen LogP contribution is -1.98. The van der Waals surface area contributed by atoms with Crippen molar-refractivity contribution in [2.24, 2.45) is 0 Å². The van der Waals surface area contributed by atoms with Crippen LogP contribution in [0, 0.1) is 0 Å². The Kier molecular flexibility index (Phi) is 2.44. The van der Waals surface area contributed by atoms with Crippen molar-refractivity contribution in [2.45, 2.75) is 6.92 Å². The number of hydrogen-bond donors (Lipinski definition) is 1. The van der Waals surface area contributed by atoms with Gasteiger partial charge < -0.3 is 9.73 Å². The Labute approximate surface area is 82.0 Å². The third-order valence-corrected chi connectivity index (χ3v) is 1.84. The maximum absolute atomic E-state index is 5.15. The van der Waals surface area contributed by atoms with E-state index in [1.807, 2.05) is 19.1 Å². The van der Waals surface area contributed by atoms with Crippen molar-refractivity contribution in [1.29, 1.82) is 0 Å². The molecule has 0 saturated heterocycles. The van der Waals surface area contributed by atoms with Crippen molar-refractivity contribution in [3.63, 3.8) is 0 Å². The first-order chi connectivity index (χ1) is 6.90. The molecule has 2 heterocycles. The molecule has 0 saturated carbocycles. The summed E-state index contributed by atoms with van der Waals surface area (Å²) in [6.07, 6.45) is 4.84. The van der Waals surface area contributed by atoms with Gasteiger partial charge in [-0.05, 0) is 19.1 Å². The average molecular weight is 189 g/mol. The molecular formula is C10H11N3O. The molecular weight excluding hydrogens is 178 g/mol. The van der Waals surface area contributed by atoms with Gasteiger partial charge in [0.05, 0.1) is 6.20 Å². The van der Waals surface area contributed by atoms with Gasteiger partial charge in [0.1, 0.15) is 5.82 Å². The van der Waals surface area contributed by atoms with E-state index in [0.29, 0.717) is 0 Å². The van der Waals surface area contributed by atoms with E-state index in [1.54, 1.807) is 12.4 Å². The van der Waals surface area contributed by atoms with Gasteiger partial charge in [-0.15, -0.1) is 0 Å². The third kappa shape index (κ3) is 1.74. The predicted octanol–water partition coefficient (Wildman–Crippen LogP) is 2.17. The van der Waals surface area contributed by atoms with Crippen molar-refractivity contribution < 1.29 is 4.42 Å². The van der Waals surface area contributed by atoms with Crippen molar-refractivity contribution in [1.82, 2.24) is 9.97 Å². The molecule has 4 heteroatoms. The second kappa shape index (κ2) is 3.91. The van der Waals surface area contributed by atoms with Gasteiger partial charge in [0, 0.05) is 18.3 Å². The van der Waals surface area contributed by atoms with Crippen molar-refractivity contribution in [2.75, 3.05) is 11.9 Å². The third-order valence-electron chi connectivity index (χ3n) is 1.84. The first-order valence-electron chi connectivity index (χ1n) is 4.49. The van der Waals surface area contributed by atoms with Crippen LogP contribution in [0.1, 0.15) is 6.92 Å². The summed E-state index contributed by atoms with van der Waals surface area (Å²) in [4.78, 5) is 8.07. The lowest BCUT2D eigenvalue weighted by Gasteiger charge is -2.01.